The molecule has 0 aliphatic carbocycles. The van der Waals surface area contributed by atoms with Crippen LogP contribution in [0.3, 0.4) is 0 Å². The van der Waals surface area contributed by atoms with Crippen LogP contribution in [-0.2, 0) is 13.1 Å². The fraction of sp³-hybridized carbons (Fsp3) is 0.111. The van der Waals surface area contributed by atoms with Crippen molar-refractivity contribution < 1.29 is 4.39 Å². The third kappa shape index (κ3) is 3.07. The van der Waals surface area contributed by atoms with Crippen molar-refractivity contribution in [2.75, 3.05) is 0 Å². The second-order valence-corrected chi connectivity index (χ2v) is 5.35. The molecule has 21 heavy (non-hydrogen) atoms. The first kappa shape index (κ1) is 14.1. The van der Waals surface area contributed by atoms with E-state index in [9.17, 15) is 4.39 Å². The number of hydrogen-bond acceptors (Lipinski definition) is 1. The molecular formula is C18H15ClFN. The summed E-state index contributed by atoms with van der Waals surface area (Å²) >= 11 is 6.03. The fourth-order valence-electron chi connectivity index (χ4n) is 2.47. The normalized spacial score (nSPS) is 11.0. The van der Waals surface area contributed by atoms with E-state index in [-0.39, 0.29) is 5.82 Å². The molecule has 1 N–H and O–H groups in total. The Morgan fingerprint density at radius 1 is 0.857 bits per heavy atom. The van der Waals surface area contributed by atoms with E-state index in [0.29, 0.717) is 23.7 Å². The highest BCUT2D eigenvalue weighted by molar-refractivity contribution is 6.31. The molecule has 0 atom stereocenters. The van der Waals surface area contributed by atoms with Crippen molar-refractivity contribution >= 4 is 22.4 Å². The Morgan fingerprint density at radius 2 is 1.62 bits per heavy atom. The maximum atomic E-state index is 13.7. The van der Waals surface area contributed by atoms with Crippen LogP contribution in [0.5, 0.6) is 0 Å². The smallest absolute Gasteiger partial charge is 0.129 e. The van der Waals surface area contributed by atoms with Gasteiger partial charge in [-0.3, -0.25) is 0 Å². The van der Waals surface area contributed by atoms with E-state index >= 15 is 0 Å². The predicted molar refractivity (Wildman–Crippen MR) is 85.9 cm³/mol. The number of nitrogens with one attached hydrogen (secondary N) is 1. The lowest BCUT2D eigenvalue weighted by Gasteiger charge is -2.10. The van der Waals surface area contributed by atoms with Crippen molar-refractivity contribution in [1.82, 2.24) is 5.32 Å². The van der Waals surface area contributed by atoms with Gasteiger partial charge in [0, 0.05) is 23.7 Å². The molecule has 3 aromatic rings. The van der Waals surface area contributed by atoms with E-state index in [1.165, 1.54) is 22.4 Å². The third-order valence-corrected chi connectivity index (χ3v) is 3.91. The molecule has 3 heteroatoms. The summed E-state index contributed by atoms with van der Waals surface area (Å²) in [6.45, 7) is 1.08. The summed E-state index contributed by atoms with van der Waals surface area (Å²) in [6, 6.07) is 19.2. The molecule has 0 unspecified atom stereocenters. The van der Waals surface area contributed by atoms with Crippen LogP contribution >= 0.6 is 11.6 Å². The van der Waals surface area contributed by atoms with Crippen molar-refractivity contribution in [2.45, 2.75) is 13.1 Å². The summed E-state index contributed by atoms with van der Waals surface area (Å²) < 4.78 is 13.7. The molecule has 3 rings (SSSR count). The summed E-state index contributed by atoms with van der Waals surface area (Å²) in [5.74, 6) is -0.270. The molecule has 0 aromatic heterocycles. The lowest BCUT2D eigenvalue weighted by atomic mass is 10.0. The Balaban J connectivity index is 1.76. The molecule has 3 aromatic carbocycles. The summed E-state index contributed by atoms with van der Waals surface area (Å²) in [7, 11) is 0. The Bertz CT molecular complexity index is 745. The summed E-state index contributed by atoms with van der Waals surface area (Å²) in [6.07, 6.45) is 0. The minimum absolute atomic E-state index is 0.270. The van der Waals surface area contributed by atoms with Crippen molar-refractivity contribution in [3.63, 3.8) is 0 Å². The average Bonchev–Trinajstić information content (AvgIpc) is 2.50. The minimum Gasteiger partial charge on any atom is -0.308 e. The number of halogens is 2. The van der Waals surface area contributed by atoms with Crippen molar-refractivity contribution in [3.8, 4) is 0 Å². The van der Waals surface area contributed by atoms with E-state index in [4.69, 9.17) is 11.6 Å². The molecule has 0 aliphatic rings. The first-order valence-electron chi connectivity index (χ1n) is 6.86. The highest BCUT2D eigenvalue weighted by Crippen LogP contribution is 2.20. The predicted octanol–water partition coefficient (Wildman–Crippen LogP) is 4.92. The fourth-order valence-corrected chi connectivity index (χ4v) is 2.70. The van der Waals surface area contributed by atoms with Crippen LogP contribution in [0.1, 0.15) is 11.1 Å². The Labute approximate surface area is 128 Å². The molecule has 0 saturated heterocycles. The first-order valence-corrected chi connectivity index (χ1v) is 7.24. The Morgan fingerprint density at radius 3 is 2.48 bits per heavy atom. The zero-order chi connectivity index (χ0) is 14.7. The van der Waals surface area contributed by atoms with Crippen molar-refractivity contribution in [1.29, 1.82) is 0 Å². The Kier molecular flexibility index (Phi) is 4.18. The molecule has 0 heterocycles. The first-order chi connectivity index (χ1) is 10.3. The SMILES string of the molecule is Fc1cccc(Cl)c1CNCc1cccc2ccccc12. The lowest BCUT2D eigenvalue weighted by Crippen LogP contribution is -2.14. The highest BCUT2D eigenvalue weighted by atomic mass is 35.5. The van der Waals surface area contributed by atoms with E-state index in [2.05, 4.69) is 29.6 Å². The van der Waals surface area contributed by atoms with Crippen LogP contribution in [0.15, 0.2) is 60.7 Å². The third-order valence-electron chi connectivity index (χ3n) is 3.56. The largest absolute Gasteiger partial charge is 0.308 e. The van der Waals surface area contributed by atoms with Gasteiger partial charge < -0.3 is 5.32 Å². The van der Waals surface area contributed by atoms with Crippen LogP contribution in [0, 0.1) is 5.82 Å². The van der Waals surface area contributed by atoms with E-state index in [1.807, 2.05) is 18.2 Å². The highest BCUT2D eigenvalue weighted by Gasteiger charge is 2.06. The molecule has 106 valence electrons. The van der Waals surface area contributed by atoms with Crippen LogP contribution in [0.4, 0.5) is 4.39 Å². The van der Waals surface area contributed by atoms with E-state index in [1.54, 1.807) is 12.1 Å². The molecule has 0 amide bonds. The van der Waals surface area contributed by atoms with Gasteiger partial charge in [0.25, 0.3) is 0 Å². The molecular weight excluding hydrogens is 285 g/mol. The maximum absolute atomic E-state index is 13.7. The van der Waals surface area contributed by atoms with E-state index in [0.717, 1.165) is 0 Å². The van der Waals surface area contributed by atoms with Gasteiger partial charge in [-0.1, -0.05) is 60.1 Å². The zero-order valence-corrected chi connectivity index (χ0v) is 12.2. The number of benzene rings is 3. The molecule has 1 nitrogen and oxygen atoms in total. The second-order valence-electron chi connectivity index (χ2n) is 4.94. The lowest BCUT2D eigenvalue weighted by molar-refractivity contribution is 0.588. The molecule has 0 radical (unpaired) electrons. The number of rotatable bonds is 4. The summed E-state index contributed by atoms with van der Waals surface area (Å²) in [5, 5.41) is 6.15. The van der Waals surface area contributed by atoms with Crippen molar-refractivity contribution in [3.05, 3.63) is 82.6 Å². The van der Waals surface area contributed by atoms with Gasteiger partial charge in [0.05, 0.1) is 0 Å². The van der Waals surface area contributed by atoms with Gasteiger partial charge in [-0.15, -0.1) is 0 Å². The average molecular weight is 300 g/mol. The quantitative estimate of drug-likeness (QED) is 0.721. The standard InChI is InChI=1S/C18H15ClFN/c19-17-9-4-10-18(20)16(17)12-21-11-14-7-3-6-13-5-1-2-8-15(13)14/h1-10,21H,11-12H2. The topological polar surface area (TPSA) is 12.0 Å². The minimum atomic E-state index is -0.270. The molecule has 0 aliphatic heterocycles. The summed E-state index contributed by atoms with van der Waals surface area (Å²) in [4.78, 5) is 0. The number of hydrogen-bond donors (Lipinski definition) is 1. The van der Waals surface area contributed by atoms with Gasteiger partial charge in [-0.05, 0) is 28.5 Å². The van der Waals surface area contributed by atoms with Gasteiger partial charge in [-0.2, -0.15) is 0 Å². The summed E-state index contributed by atoms with van der Waals surface area (Å²) in [5.41, 5.74) is 1.71. The number of fused-ring (bicyclic) bond motifs is 1. The maximum Gasteiger partial charge on any atom is 0.129 e. The van der Waals surface area contributed by atoms with Crippen LogP contribution < -0.4 is 5.32 Å². The van der Waals surface area contributed by atoms with Gasteiger partial charge in [0.1, 0.15) is 5.82 Å². The molecule has 0 fully saturated rings. The second kappa shape index (κ2) is 6.25. The monoisotopic (exact) mass is 299 g/mol. The van der Waals surface area contributed by atoms with Gasteiger partial charge >= 0.3 is 0 Å². The molecule has 0 saturated carbocycles. The Hall–Kier alpha value is -1.90. The molecule has 0 bridgehead atoms. The van der Waals surface area contributed by atoms with Gasteiger partial charge in [0.2, 0.25) is 0 Å². The molecule has 0 spiro atoms. The van der Waals surface area contributed by atoms with Crippen LogP contribution in [0.25, 0.3) is 10.8 Å². The van der Waals surface area contributed by atoms with Crippen molar-refractivity contribution in [2.24, 2.45) is 0 Å². The van der Waals surface area contributed by atoms with Gasteiger partial charge in [-0.25, -0.2) is 4.39 Å². The van der Waals surface area contributed by atoms with Crippen LogP contribution in [0.2, 0.25) is 5.02 Å². The van der Waals surface area contributed by atoms with E-state index < -0.39 is 0 Å². The van der Waals surface area contributed by atoms with Crippen LogP contribution in [-0.4, -0.2) is 0 Å². The van der Waals surface area contributed by atoms with Gasteiger partial charge in [0.15, 0.2) is 0 Å². The zero-order valence-electron chi connectivity index (χ0n) is 11.4.